The highest BCUT2D eigenvalue weighted by Gasteiger charge is 1.97. The number of nitrogens with one attached hydrogen (secondary N) is 1. The second kappa shape index (κ2) is 1.47. The van der Waals surface area contributed by atoms with Gasteiger partial charge in [-0.3, -0.25) is 0 Å². The van der Waals surface area contributed by atoms with Gasteiger partial charge in [-0.2, -0.15) is 0 Å². The SMILES string of the molecule is C=c1nnc2c(=C)[nH]oc1=2. The third-order valence-electron chi connectivity index (χ3n) is 1.31. The molecule has 4 nitrogen and oxygen atoms in total. The van der Waals surface area contributed by atoms with Gasteiger partial charge in [0.25, 0.3) is 0 Å². The lowest BCUT2D eigenvalue weighted by molar-refractivity contribution is 0.389. The molecule has 0 spiro atoms. The molecule has 2 rings (SSSR count). The van der Waals surface area contributed by atoms with Crippen LogP contribution in [0, 0.1) is 10.8 Å². The minimum Gasteiger partial charge on any atom is -0.377 e. The Labute approximate surface area is 55.5 Å². The average molecular weight is 135 g/mol. The molecule has 0 saturated heterocycles. The van der Waals surface area contributed by atoms with Gasteiger partial charge in [0.05, 0.1) is 5.35 Å². The summed E-state index contributed by atoms with van der Waals surface area (Å²) in [6, 6.07) is 0. The lowest BCUT2D eigenvalue weighted by atomic mass is 10.5. The van der Waals surface area contributed by atoms with Gasteiger partial charge in [-0.15, -0.1) is 10.2 Å². The van der Waals surface area contributed by atoms with Gasteiger partial charge in [0.15, 0.2) is 5.35 Å². The number of hydrogen-bond acceptors (Lipinski definition) is 3. The van der Waals surface area contributed by atoms with Crippen LogP contribution in [-0.4, -0.2) is 15.4 Å². The Kier molecular flexibility index (Phi) is 0.768. The van der Waals surface area contributed by atoms with Crippen molar-refractivity contribution in [2.24, 2.45) is 0 Å². The van der Waals surface area contributed by atoms with Crippen molar-refractivity contribution in [1.82, 2.24) is 15.4 Å². The van der Waals surface area contributed by atoms with Crippen molar-refractivity contribution < 1.29 is 4.52 Å². The van der Waals surface area contributed by atoms with Gasteiger partial charge in [0, 0.05) is 0 Å². The summed E-state index contributed by atoms with van der Waals surface area (Å²) in [5.74, 6) is 0. The van der Waals surface area contributed by atoms with E-state index < -0.39 is 0 Å². The van der Waals surface area contributed by atoms with Crippen LogP contribution in [0.5, 0.6) is 0 Å². The smallest absolute Gasteiger partial charge is 0.211 e. The molecule has 10 heavy (non-hydrogen) atoms. The lowest BCUT2D eigenvalue weighted by Gasteiger charge is -1.67. The highest BCUT2D eigenvalue weighted by atomic mass is 16.5. The molecular formula is C6H5N3O. The second-order valence-electron chi connectivity index (χ2n) is 2.01. The molecule has 50 valence electrons. The van der Waals surface area contributed by atoms with Gasteiger partial charge in [-0.1, -0.05) is 13.2 Å². The van der Waals surface area contributed by atoms with E-state index in [0.717, 1.165) is 0 Å². The third-order valence-corrected chi connectivity index (χ3v) is 1.31. The summed E-state index contributed by atoms with van der Waals surface area (Å²) in [6.07, 6.45) is 0. The van der Waals surface area contributed by atoms with E-state index in [2.05, 4.69) is 28.5 Å². The average Bonchev–Trinajstić information content (AvgIpc) is 2.41. The number of aromatic nitrogens is 3. The summed E-state index contributed by atoms with van der Waals surface area (Å²) in [5, 5.41) is 11.9. The van der Waals surface area contributed by atoms with Gasteiger partial charge in [0.2, 0.25) is 5.42 Å². The van der Waals surface area contributed by atoms with E-state index in [9.17, 15) is 0 Å². The minimum absolute atomic E-state index is 0.543. The minimum atomic E-state index is 0.543. The van der Waals surface area contributed by atoms with Crippen molar-refractivity contribution in [3.8, 4) is 0 Å². The molecule has 1 N–H and O–H groups in total. The standard InChI is InChI=1S/C6H5N3O/c1-3-5-6(10-9-3)4(2)7-8-5/h9H,1-2H2. The quantitative estimate of drug-likeness (QED) is 0.501. The van der Waals surface area contributed by atoms with E-state index in [-0.39, 0.29) is 0 Å². The van der Waals surface area contributed by atoms with Crippen molar-refractivity contribution in [2.45, 2.75) is 0 Å². The number of rotatable bonds is 0. The van der Waals surface area contributed by atoms with Crippen molar-refractivity contribution in [3.63, 3.8) is 0 Å². The zero-order valence-corrected chi connectivity index (χ0v) is 5.22. The second-order valence-corrected chi connectivity index (χ2v) is 2.01. The summed E-state index contributed by atoms with van der Waals surface area (Å²) in [4.78, 5) is 0. The van der Waals surface area contributed by atoms with Crippen LogP contribution in [0.3, 0.4) is 0 Å². The first-order valence-corrected chi connectivity index (χ1v) is 2.76. The topological polar surface area (TPSA) is 54.7 Å². The maximum Gasteiger partial charge on any atom is 0.211 e. The molecule has 0 aromatic rings. The number of H-pyrrole nitrogens is 1. The van der Waals surface area contributed by atoms with Gasteiger partial charge in [-0.05, 0) is 0 Å². The van der Waals surface area contributed by atoms with E-state index in [1.807, 2.05) is 0 Å². The van der Waals surface area contributed by atoms with Crippen LogP contribution in [-0.2, 0) is 0 Å². The Morgan fingerprint density at radius 2 is 2.10 bits per heavy atom. The van der Waals surface area contributed by atoms with Crippen molar-refractivity contribution >= 4 is 13.2 Å². The largest absolute Gasteiger partial charge is 0.377 e. The molecule has 0 aromatic heterocycles. The highest BCUT2D eigenvalue weighted by molar-refractivity contribution is 5.02. The Morgan fingerprint density at radius 1 is 1.30 bits per heavy atom. The Balaban J connectivity index is 3.37. The molecule has 0 fully saturated rings. The fourth-order valence-electron chi connectivity index (χ4n) is 0.803. The van der Waals surface area contributed by atoms with E-state index in [1.165, 1.54) is 0 Å². The van der Waals surface area contributed by atoms with Crippen LogP contribution in [0.25, 0.3) is 13.2 Å². The molecule has 0 aromatic carbocycles. The van der Waals surface area contributed by atoms with Crippen molar-refractivity contribution in [2.75, 3.05) is 0 Å². The summed E-state index contributed by atoms with van der Waals surface area (Å²) in [6.45, 7) is 7.25. The van der Waals surface area contributed by atoms with E-state index in [0.29, 0.717) is 21.5 Å². The summed E-state index contributed by atoms with van der Waals surface area (Å²) < 4.78 is 4.94. The molecule has 0 radical (unpaired) electrons. The zero-order valence-electron chi connectivity index (χ0n) is 5.22. The molecular weight excluding hydrogens is 130 g/mol. The number of hydrogen-bond donors (Lipinski definition) is 1. The Hall–Kier alpha value is -1.58. The normalized spacial score (nSPS) is 10.8. The monoisotopic (exact) mass is 135 g/mol. The van der Waals surface area contributed by atoms with Crippen molar-refractivity contribution in [1.29, 1.82) is 0 Å². The van der Waals surface area contributed by atoms with E-state index in [4.69, 9.17) is 4.52 Å². The summed E-state index contributed by atoms with van der Waals surface area (Å²) >= 11 is 0. The fourth-order valence-corrected chi connectivity index (χ4v) is 0.803. The third kappa shape index (κ3) is 0.452. The Bertz CT molecular complexity index is 447. The lowest BCUT2D eigenvalue weighted by Crippen LogP contribution is -2.00. The zero-order chi connectivity index (χ0) is 7.14. The molecule has 0 saturated carbocycles. The predicted molar refractivity (Wildman–Crippen MR) is 34.2 cm³/mol. The van der Waals surface area contributed by atoms with Crippen LogP contribution in [0.1, 0.15) is 0 Å². The number of nitrogens with zero attached hydrogens (tertiary/aromatic N) is 2. The molecule has 0 unspecified atom stereocenters. The molecule has 0 bridgehead atoms. The predicted octanol–water partition coefficient (Wildman–Crippen LogP) is -1.06. The van der Waals surface area contributed by atoms with Crippen LogP contribution in [0.4, 0.5) is 0 Å². The van der Waals surface area contributed by atoms with E-state index >= 15 is 0 Å². The van der Waals surface area contributed by atoms with Gasteiger partial charge in [-0.25, -0.2) is 5.16 Å². The molecule has 2 aliphatic heterocycles. The summed E-state index contributed by atoms with van der Waals surface area (Å²) in [7, 11) is 0. The maximum absolute atomic E-state index is 4.94. The molecule has 0 amide bonds. The molecule has 2 aliphatic rings. The molecule has 0 aliphatic carbocycles. The molecule has 4 heteroatoms. The van der Waals surface area contributed by atoms with Crippen LogP contribution >= 0.6 is 0 Å². The van der Waals surface area contributed by atoms with E-state index in [1.54, 1.807) is 0 Å². The van der Waals surface area contributed by atoms with Crippen LogP contribution in [0.15, 0.2) is 4.52 Å². The highest BCUT2D eigenvalue weighted by Crippen LogP contribution is 1.77. The maximum atomic E-state index is 4.94. The fraction of sp³-hybridized carbons (Fsp3) is 0. The molecule has 0 atom stereocenters. The van der Waals surface area contributed by atoms with Crippen LogP contribution in [0.2, 0.25) is 0 Å². The molecule has 2 heterocycles. The van der Waals surface area contributed by atoms with Gasteiger partial charge >= 0.3 is 0 Å². The van der Waals surface area contributed by atoms with Gasteiger partial charge < -0.3 is 4.52 Å². The summed E-state index contributed by atoms with van der Waals surface area (Å²) in [5.41, 5.74) is 0.588. The van der Waals surface area contributed by atoms with Crippen LogP contribution < -0.4 is 10.7 Å². The number of aromatic amines is 1. The Morgan fingerprint density at radius 3 is 2.80 bits per heavy atom. The first kappa shape index (κ1) is 5.22. The van der Waals surface area contributed by atoms with Gasteiger partial charge in [0.1, 0.15) is 5.35 Å². The van der Waals surface area contributed by atoms with Crippen molar-refractivity contribution in [3.05, 3.63) is 21.5 Å². The first-order valence-electron chi connectivity index (χ1n) is 2.76. The first-order chi connectivity index (χ1) is 4.79.